The van der Waals surface area contributed by atoms with Crippen LogP contribution in [0.4, 0.5) is 11.6 Å². The second-order valence-corrected chi connectivity index (χ2v) is 5.28. The Hall–Kier alpha value is -1.56. The van der Waals surface area contributed by atoms with Gasteiger partial charge in [-0.15, -0.1) is 0 Å². The van der Waals surface area contributed by atoms with E-state index in [4.69, 9.17) is 33.7 Å². The molecule has 1 heterocycles. The van der Waals surface area contributed by atoms with E-state index < -0.39 is 0 Å². The maximum Gasteiger partial charge on any atom is 0.158 e. The van der Waals surface area contributed by atoms with Crippen LogP contribution < -0.4 is 11.1 Å². The van der Waals surface area contributed by atoms with Gasteiger partial charge in [-0.25, -0.2) is 9.97 Å². The van der Waals surface area contributed by atoms with Gasteiger partial charge in [-0.05, 0) is 24.1 Å². The topological polar surface area (TPSA) is 73.1 Å². The van der Waals surface area contributed by atoms with E-state index in [1.165, 1.54) is 0 Å². The molecule has 5 nitrogen and oxygen atoms in total. The summed E-state index contributed by atoms with van der Waals surface area (Å²) in [7, 11) is 1.59. The number of aromatic nitrogens is 2. The van der Waals surface area contributed by atoms with Crippen LogP contribution in [0.25, 0.3) is 0 Å². The Kier molecular flexibility index (Phi) is 5.61. The van der Waals surface area contributed by atoms with Crippen molar-refractivity contribution in [3.8, 4) is 0 Å². The number of nitrogen functional groups attached to an aromatic ring is 1. The van der Waals surface area contributed by atoms with Crippen LogP contribution in [0.2, 0.25) is 10.0 Å². The molecule has 1 aromatic heterocycles. The molecule has 0 saturated heterocycles. The molecule has 21 heavy (non-hydrogen) atoms. The molecule has 1 aromatic carbocycles. The fraction of sp³-hybridized carbons (Fsp3) is 0.286. The van der Waals surface area contributed by atoms with Crippen molar-refractivity contribution in [2.24, 2.45) is 0 Å². The summed E-state index contributed by atoms with van der Waals surface area (Å²) in [6.07, 6.45) is 0.750. The maximum atomic E-state index is 6.13. The number of methoxy groups -OCH3 is 1. The molecule has 0 amide bonds. The van der Waals surface area contributed by atoms with Crippen molar-refractivity contribution in [1.29, 1.82) is 0 Å². The molecule has 112 valence electrons. The van der Waals surface area contributed by atoms with Gasteiger partial charge in [0, 0.05) is 29.8 Å². The van der Waals surface area contributed by atoms with E-state index >= 15 is 0 Å². The van der Waals surface area contributed by atoms with Gasteiger partial charge in [0.1, 0.15) is 18.2 Å². The van der Waals surface area contributed by atoms with Crippen molar-refractivity contribution >= 4 is 34.8 Å². The molecule has 0 aliphatic heterocycles. The van der Waals surface area contributed by atoms with Crippen LogP contribution in [0.1, 0.15) is 11.4 Å². The molecule has 7 heteroatoms. The Labute approximate surface area is 133 Å². The minimum Gasteiger partial charge on any atom is -0.384 e. The standard InChI is InChI=1S/C14H16Cl2N4O/c1-21-8-14-19-12(17)7-13(20-14)18-5-4-9-2-3-10(15)6-11(9)16/h2-3,6-7H,4-5,8H2,1H3,(H3,17,18,19,20). The number of hydrogen-bond acceptors (Lipinski definition) is 5. The number of ether oxygens (including phenoxy) is 1. The van der Waals surface area contributed by atoms with Crippen molar-refractivity contribution in [1.82, 2.24) is 9.97 Å². The SMILES string of the molecule is COCc1nc(N)cc(NCCc2ccc(Cl)cc2Cl)n1. The first-order valence-electron chi connectivity index (χ1n) is 6.38. The van der Waals surface area contributed by atoms with Crippen molar-refractivity contribution in [2.75, 3.05) is 24.7 Å². The van der Waals surface area contributed by atoms with Gasteiger partial charge >= 0.3 is 0 Å². The second-order valence-electron chi connectivity index (χ2n) is 4.44. The van der Waals surface area contributed by atoms with E-state index in [0.29, 0.717) is 40.7 Å². The molecule has 0 aliphatic carbocycles. The second kappa shape index (κ2) is 7.45. The van der Waals surface area contributed by atoms with Crippen molar-refractivity contribution in [3.05, 3.63) is 45.7 Å². The van der Waals surface area contributed by atoms with E-state index in [2.05, 4.69) is 15.3 Å². The van der Waals surface area contributed by atoms with Gasteiger partial charge in [0.25, 0.3) is 0 Å². The first-order valence-corrected chi connectivity index (χ1v) is 7.14. The van der Waals surface area contributed by atoms with Crippen LogP contribution >= 0.6 is 23.2 Å². The minimum absolute atomic E-state index is 0.322. The van der Waals surface area contributed by atoms with Crippen LogP contribution in [-0.2, 0) is 17.8 Å². The highest BCUT2D eigenvalue weighted by atomic mass is 35.5. The molecule has 2 rings (SSSR count). The molecule has 0 radical (unpaired) electrons. The zero-order valence-electron chi connectivity index (χ0n) is 11.6. The average Bonchev–Trinajstić information content (AvgIpc) is 2.41. The van der Waals surface area contributed by atoms with E-state index in [0.717, 1.165) is 12.0 Å². The van der Waals surface area contributed by atoms with Gasteiger partial charge < -0.3 is 15.8 Å². The van der Waals surface area contributed by atoms with Gasteiger partial charge in [0.2, 0.25) is 0 Å². The Morgan fingerprint density at radius 1 is 1.24 bits per heavy atom. The summed E-state index contributed by atoms with van der Waals surface area (Å²) < 4.78 is 5.00. The third-order valence-electron chi connectivity index (χ3n) is 2.78. The van der Waals surface area contributed by atoms with Crippen molar-refractivity contribution in [3.63, 3.8) is 0 Å². The summed E-state index contributed by atoms with van der Waals surface area (Å²) in [6.45, 7) is 0.993. The highest BCUT2D eigenvalue weighted by Gasteiger charge is 2.04. The molecular formula is C14H16Cl2N4O. The molecule has 0 spiro atoms. The normalized spacial score (nSPS) is 10.6. The Bertz CT molecular complexity index is 622. The Morgan fingerprint density at radius 2 is 2.05 bits per heavy atom. The number of benzene rings is 1. The lowest BCUT2D eigenvalue weighted by Gasteiger charge is -2.09. The number of nitrogens with two attached hydrogens (primary N) is 1. The lowest BCUT2D eigenvalue weighted by atomic mass is 10.1. The summed E-state index contributed by atoms with van der Waals surface area (Å²) in [4.78, 5) is 8.39. The number of halogens is 2. The molecule has 2 aromatic rings. The molecule has 0 unspecified atom stereocenters. The van der Waals surface area contributed by atoms with Crippen LogP contribution in [0, 0.1) is 0 Å². The number of rotatable bonds is 6. The quantitative estimate of drug-likeness (QED) is 0.852. The molecule has 0 atom stereocenters. The maximum absolute atomic E-state index is 6.13. The molecule has 0 bridgehead atoms. The van der Waals surface area contributed by atoms with Crippen molar-refractivity contribution in [2.45, 2.75) is 13.0 Å². The molecule has 3 N–H and O–H groups in total. The van der Waals surface area contributed by atoms with Crippen LogP contribution in [0.15, 0.2) is 24.3 Å². The zero-order valence-corrected chi connectivity index (χ0v) is 13.1. The zero-order chi connectivity index (χ0) is 15.2. The summed E-state index contributed by atoms with van der Waals surface area (Å²) >= 11 is 12.0. The molecule has 0 saturated carbocycles. The fourth-order valence-corrected chi connectivity index (χ4v) is 2.35. The van der Waals surface area contributed by atoms with Gasteiger partial charge in [-0.3, -0.25) is 0 Å². The third kappa shape index (κ3) is 4.74. The van der Waals surface area contributed by atoms with Gasteiger partial charge in [-0.2, -0.15) is 0 Å². The number of anilines is 2. The van der Waals surface area contributed by atoms with Crippen molar-refractivity contribution < 1.29 is 4.74 Å². The number of nitrogens with one attached hydrogen (secondary N) is 1. The third-order valence-corrected chi connectivity index (χ3v) is 3.37. The fourth-order valence-electron chi connectivity index (χ4n) is 1.85. The minimum atomic E-state index is 0.322. The Balaban J connectivity index is 1.96. The van der Waals surface area contributed by atoms with Crippen LogP contribution in [0.3, 0.4) is 0 Å². The lowest BCUT2D eigenvalue weighted by Crippen LogP contribution is -2.10. The van der Waals surface area contributed by atoms with Gasteiger partial charge in [0.15, 0.2) is 5.82 Å². The Morgan fingerprint density at radius 3 is 2.76 bits per heavy atom. The van der Waals surface area contributed by atoms with E-state index in [1.54, 1.807) is 19.2 Å². The highest BCUT2D eigenvalue weighted by Crippen LogP contribution is 2.21. The van der Waals surface area contributed by atoms with E-state index in [-0.39, 0.29) is 0 Å². The molecule has 0 aliphatic rings. The summed E-state index contributed by atoms with van der Waals surface area (Å²) in [5.74, 6) is 1.62. The van der Waals surface area contributed by atoms with Crippen LogP contribution in [0.5, 0.6) is 0 Å². The molecule has 0 fully saturated rings. The summed E-state index contributed by atoms with van der Waals surface area (Å²) in [6, 6.07) is 7.15. The highest BCUT2D eigenvalue weighted by molar-refractivity contribution is 6.35. The first-order chi connectivity index (χ1) is 10.1. The summed E-state index contributed by atoms with van der Waals surface area (Å²) in [5, 5.41) is 4.48. The smallest absolute Gasteiger partial charge is 0.158 e. The average molecular weight is 327 g/mol. The van der Waals surface area contributed by atoms with Gasteiger partial charge in [0.05, 0.1) is 0 Å². The van der Waals surface area contributed by atoms with E-state index in [1.807, 2.05) is 12.1 Å². The summed E-state index contributed by atoms with van der Waals surface area (Å²) in [5.41, 5.74) is 6.75. The van der Waals surface area contributed by atoms with Crippen LogP contribution in [-0.4, -0.2) is 23.6 Å². The molecular weight excluding hydrogens is 311 g/mol. The predicted octanol–water partition coefficient (Wildman–Crippen LogP) is 3.17. The monoisotopic (exact) mass is 326 g/mol. The number of nitrogens with zero attached hydrogens (tertiary/aromatic N) is 2. The largest absolute Gasteiger partial charge is 0.384 e. The first kappa shape index (κ1) is 15.8. The predicted molar refractivity (Wildman–Crippen MR) is 85.8 cm³/mol. The van der Waals surface area contributed by atoms with E-state index in [9.17, 15) is 0 Å². The number of hydrogen-bond donors (Lipinski definition) is 2. The lowest BCUT2D eigenvalue weighted by molar-refractivity contribution is 0.178. The van der Waals surface area contributed by atoms with Gasteiger partial charge in [-0.1, -0.05) is 29.3 Å².